The lowest BCUT2D eigenvalue weighted by Gasteiger charge is -2.11. The van der Waals surface area contributed by atoms with E-state index in [1.54, 1.807) is 17.5 Å². The van der Waals surface area contributed by atoms with Crippen LogP contribution in [0.4, 0.5) is 11.4 Å². The highest BCUT2D eigenvalue weighted by atomic mass is 35.5. The molecular formula is C18H16ClN5OS2. The van der Waals surface area contributed by atoms with Gasteiger partial charge in [0.2, 0.25) is 0 Å². The monoisotopic (exact) mass is 417 g/mol. The molecule has 0 aliphatic carbocycles. The van der Waals surface area contributed by atoms with Gasteiger partial charge >= 0.3 is 0 Å². The molecular weight excluding hydrogens is 402 g/mol. The van der Waals surface area contributed by atoms with E-state index in [-0.39, 0.29) is 5.91 Å². The van der Waals surface area contributed by atoms with Crippen LogP contribution in [0.3, 0.4) is 0 Å². The smallest absolute Gasteiger partial charge is 0.277 e. The number of aromatic nitrogens is 2. The summed E-state index contributed by atoms with van der Waals surface area (Å²) < 4.78 is 3.67. The summed E-state index contributed by atoms with van der Waals surface area (Å²) >= 11 is 12.6. The van der Waals surface area contributed by atoms with Crippen molar-refractivity contribution in [3.8, 4) is 0 Å². The van der Waals surface area contributed by atoms with Crippen molar-refractivity contribution in [2.45, 2.75) is 6.42 Å². The second-order valence-corrected chi connectivity index (χ2v) is 6.97. The first-order valence-electron chi connectivity index (χ1n) is 8.08. The minimum atomic E-state index is -0.291. The Morgan fingerprint density at radius 1 is 1.07 bits per heavy atom. The van der Waals surface area contributed by atoms with Crippen LogP contribution in [-0.2, 0) is 6.42 Å². The number of nitrogens with one attached hydrogen (secondary N) is 3. The molecule has 0 aliphatic heterocycles. The lowest BCUT2D eigenvalue weighted by Crippen LogP contribution is -2.30. The highest BCUT2D eigenvalue weighted by molar-refractivity contribution is 7.80. The van der Waals surface area contributed by atoms with Crippen molar-refractivity contribution in [1.29, 1.82) is 0 Å². The van der Waals surface area contributed by atoms with Gasteiger partial charge in [-0.15, -0.1) is 5.10 Å². The molecule has 3 N–H and O–H groups in total. The fourth-order valence-electron chi connectivity index (χ4n) is 2.28. The molecule has 1 amide bonds. The van der Waals surface area contributed by atoms with E-state index in [2.05, 4.69) is 25.5 Å². The summed E-state index contributed by atoms with van der Waals surface area (Å²) in [6.45, 7) is 0.672. The van der Waals surface area contributed by atoms with Crippen LogP contribution in [0.2, 0.25) is 5.02 Å². The molecule has 1 aromatic heterocycles. The van der Waals surface area contributed by atoms with Crippen LogP contribution in [0.15, 0.2) is 53.9 Å². The second kappa shape index (κ2) is 9.40. The van der Waals surface area contributed by atoms with Crippen molar-refractivity contribution in [2.24, 2.45) is 0 Å². The van der Waals surface area contributed by atoms with Gasteiger partial charge in [0, 0.05) is 28.3 Å². The maximum atomic E-state index is 11.9. The third kappa shape index (κ3) is 5.72. The van der Waals surface area contributed by atoms with Crippen LogP contribution in [0, 0.1) is 0 Å². The zero-order valence-electron chi connectivity index (χ0n) is 14.1. The number of carbonyl (C=O) groups excluding carboxylic acids is 1. The topological polar surface area (TPSA) is 78.9 Å². The lowest BCUT2D eigenvalue weighted by atomic mass is 10.1. The van der Waals surface area contributed by atoms with E-state index in [1.807, 2.05) is 36.4 Å². The molecule has 0 fully saturated rings. The van der Waals surface area contributed by atoms with E-state index in [1.165, 1.54) is 0 Å². The van der Waals surface area contributed by atoms with Gasteiger partial charge in [-0.05, 0) is 66.1 Å². The summed E-state index contributed by atoms with van der Waals surface area (Å²) in [6, 6.07) is 15.0. The number of anilines is 2. The van der Waals surface area contributed by atoms with Crippen LogP contribution in [0.25, 0.3) is 0 Å². The van der Waals surface area contributed by atoms with Crippen molar-refractivity contribution in [2.75, 3.05) is 17.2 Å². The summed E-state index contributed by atoms with van der Waals surface area (Å²) in [5.74, 6) is -0.291. The van der Waals surface area contributed by atoms with Crippen LogP contribution in [0.5, 0.6) is 0 Å². The van der Waals surface area contributed by atoms with Crippen molar-refractivity contribution in [1.82, 2.24) is 14.9 Å². The first-order chi connectivity index (χ1) is 13.1. The van der Waals surface area contributed by atoms with E-state index in [9.17, 15) is 4.79 Å². The van der Waals surface area contributed by atoms with Crippen molar-refractivity contribution in [3.05, 3.63) is 70.2 Å². The number of carbonyl (C=O) groups is 1. The molecule has 27 heavy (non-hydrogen) atoms. The molecule has 0 saturated carbocycles. The second-order valence-electron chi connectivity index (χ2n) is 5.54. The van der Waals surface area contributed by atoms with Crippen molar-refractivity contribution >= 4 is 57.7 Å². The fourth-order valence-corrected chi connectivity index (χ4v) is 3.17. The Morgan fingerprint density at radius 2 is 1.78 bits per heavy atom. The maximum absolute atomic E-state index is 11.9. The molecule has 0 bridgehead atoms. The van der Waals surface area contributed by atoms with Crippen LogP contribution in [-0.4, -0.2) is 27.2 Å². The third-order valence-electron chi connectivity index (χ3n) is 3.63. The van der Waals surface area contributed by atoms with E-state index in [0.717, 1.165) is 34.2 Å². The summed E-state index contributed by atoms with van der Waals surface area (Å²) in [4.78, 5) is 11.9. The van der Waals surface area contributed by atoms with Gasteiger partial charge in [0.25, 0.3) is 5.91 Å². The Labute approximate surface area is 171 Å². The minimum absolute atomic E-state index is 0.291. The Balaban J connectivity index is 1.45. The van der Waals surface area contributed by atoms with Gasteiger partial charge < -0.3 is 16.0 Å². The molecule has 138 valence electrons. The zero-order valence-corrected chi connectivity index (χ0v) is 16.5. The number of hydrogen-bond acceptors (Lipinski definition) is 5. The van der Waals surface area contributed by atoms with Gasteiger partial charge in [-0.3, -0.25) is 4.79 Å². The molecule has 1 heterocycles. The molecule has 0 radical (unpaired) electrons. The molecule has 0 atom stereocenters. The average Bonchev–Trinajstić information content (AvgIpc) is 3.20. The summed E-state index contributed by atoms with van der Waals surface area (Å²) in [5, 5.41) is 15.6. The summed E-state index contributed by atoms with van der Waals surface area (Å²) in [7, 11) is 0. The van der Waals surface area contributed by atoms with Crippen LogP contribution < -0.4 is 16.0 Å². The predicted molar refractivity (Wildman–Crippen MR) is 114 cm³/mol. The van der Waals surface area contributed by atoms with E-state index in [0.29, 0.717) is 23.0 Å². The quantitative estimate of drug-likeness (QED) is 0.526. The molecule has 9 heteroatoms. The number of thiocarbonyl (C=S) groups is 1. The first-order valence-corrected chi connectivity index (χ1v) is 9.71. The first kappa shape index (κ1) is 19.2. The standard InChI is InChI=1S/C18H16ClN5OS2/c19-15-4-2-1-3-12(15)9-10-20-18(26)22-14-7-5-13(6-8-14)21-17(25)16-11-27-24-23-16/h1-8,11H,9-10H2,(H,21,25)(H2,20,22,26). The molecule has 2 aromatic carbocycles. The normalized spacial score (nSPS) is 10.3. The highest BCUT2D eigenvalue weighted by Crippen LogP contribution is 2.16. The van der Waals surface area contributed by atoms with Crippen LogP contribution in [0.1, 0.15) is 16.1 Å². The number of rotatable bonds is 6. The lowest BCUT2D eigenvalue weighted by molar-refractivity contribution is 0.102. The molecule has 3 rings (SSSR count). The molecule has 0 saturated heterocycles. The maximum Gasteiger partial charge on any atom is 0.277 e. The molecule has 6 nitrogen and oxygen atoms in total. The Morgan fingerprint density at radius 3 is 2.44 bits per heavy atom. The minimum Gasteiger partial charge on any atom is -0.362 e. The predicted octanol–water partition coefficient (Wildman–Crippen LogP) is 3.97. The molecule has 0 aliphatic rings. The average molecular weight is 418 g/mol. The van der Waals surface area contributed by atoms with Gasteiger partial charge in [0.15, 0.2) is 10.8 Å². The molecule has 3 aromatic rings. The number of halogens is 1. The SMILES string of the molecule is O=C(Nc1ccc(NC(=S)NCCc2ccccc2Cl)cc1)c1csnn1. The van der Waals surface area contributed by atoms with Crippen molar-refractivity contribution < 1.29 is 4.79 Å². The molecule has 0 spiro atoms. The summed E-state index contributed by atoms with van der Waals surface area (Å²) in [5.41, 5.74) is 2.85. The Bertz CT molecular complexity index is 916. The van der Waals surface area contributed by atoms with Gasteiger partial charge in [0.05, 0.1) is 0 Å². The van der Waals surface area contributed by atoms with Gasteiger partial charge in [-0.2, -0.15) is 0 Å². The highest BCUT2D eigenvalue weighted by Gasteiger charge is 2.09. The van der Waals surface area contributed by atoms with E-state index >= 15 is 0 Å². The number of hydrogen-bond donors (Lipinski definition) is 3. The zero-order chi connectivity index (χ0) is 19.1. The fraction of sp³-hybridized carbons (Fsp3) is 0.111. The number of nitrogens with zero attached hydrogens (tertiary/aromatic N) is 2. The van der Waals surface area contributed by atoms with Gasteiger partial charge in [0.1, 0.15) is 0 Å². The largest absolute Gasteiger partial charge is 0.362 e. The van der Waals surface area contributed by atoms with E-state index < -0.39 is 0 Å². The molecule has 0 unspecified atom stereocenters. The summed E-state index contributed by atoms with van der Waals surface area (Å²) in [6.07, 6.45) is 0.776. The number of amides is 1. The van der Waals surface area contributed by atoms with Gasteiger partial charge in [-0.1, -0.05) is 34.3 Å². The van der Waals surface area contributed by atoms with Crippen molar-refractivity contribution in [3.63, 3.8) is 0 Å². The Hall–Kier alpha value is -2.55. The Kier molecular flexibility index (Phi) is 6.69. The van der Waals surface area contributed by atoms with E-state index in [4.69, 9.17) is 23.8 Å². The van der Waals surface area contributed by atoms with Gasteiger partial charge in [-0.25, -0.2) is 0 Å². The number of benzene rings is 2. The third-order valence-corrected chi connectivity index (χ3v) is 4.75. The van der Waals surface area contributed by atoms with Crippen LogP contribution >= 0.6 is 35.4 Å².